The van der Waals surface area contributed by atoms with Gasteiger partial charge < -0.3 is 9.64 Å². The van der Waals surface area contributed by atoms with E-state index in [2.05, 4.69) is 11.9 Å². The summed E-state index contributed by atoms with van der Waals surface area (Å²) >= 11 is 0. The van der Waals surface area contributed by atoms with Crippen LogP contribution in [-0.4, -0.2) is 41.5 Å². The summed E-state index contributed by atoms with van der Waals surface area (Å²) in [6.45, 7) is 3.51. The van der Waals surface area contributed by atoms with Gasteiger partial charge in [0.15, 0.2) is 6.61 Å². The van der Waals surface area contributed by atoms with E-state index in [9.17, 15) is 9.59 Å². The molecule has 0 aromatic carbocycles. The number of hydrogen-bond donors (Lipinski definition) is 0. The molecule has 19 heavy (non-hydrogen) atoms. The van der Waals surface area contributed by atoms with Gasteiger partial charge in [-0.2, -0.15) is 0 Å². The molecule has 102 valence electrons. The summed E-state index contributed by atoms with van der Waals surface area (Å²) in [5, 5.41) is 0. The molecular formula is C14H18N2O3. The van der Waals surface area contributed by atoms with Gasteiger partial charge in [0, 0.05) is 25.5 Å². The van der Waals surface area contributed by atoms with Crippen LogP contribution in [0.5, 0.6) is 0 Å². The van der Waals surface area contributed by atoms with Crippen molar-refractivity contribution in [1.29, 1.82) is 0 Å². The van der Waals surface area contributed by atoms with Crippen molar-refractivity contribution in [3.8, 4) is 0 Å². The molecule has 1 amide bonds. The van der Waals surface area contributed by atoms with E-state index in [0.29, 0.717) is 11.5 Å². The molecule has 0 bridgehead atoms. The highest BCUT2D eigenvalue weighted by atomic mass is 16.5. The number of amides is 1. The van der Waals surface area contributed by atoms with E-state index >= 15 is 0 Å². The summed E-state index contributed by atoms with van der Waals surface area (Å²) in [7, 11) is 0. The zero-order valence-corrected chi connectivity index (χ0v) is 11.0. The van der Waals surface area contributed by atoms with E-state index in [0.717, 1.165) is 25.9 Å². The Hall–Kier alpha value is -1.91. The second-order valence-electron chi connectivity index (χ2n) is 4.88. The molecule has 1 aromatic heterocycles. The zero-order chi connectivity index (χ0) is 13.7. The lowest BCUT2D eigenvalue weighted by atomic mass is 9.99. The van der Waals surface area contributed by atoms with Gasteiger partial charge in [-0.05, 0) is 30.9 Å². The van der Waals surface area contributed by atoms with Gasteiger partial charge in [0.1, 0.15) is 0 Å². The smallest absolute Gasteiger partial charge is 0.338 e. The number of ether oxygens (including phenoxy) is 1. The van der Waals surface area contributed by atoms with Gasteiger partial charge in [-0.3, -0.25) is 9.78 Å². The van der Waals surface area contributed by atoms with Crippen LogP contribution in [0.3, 0.4) is 0 Å². The standard InChI is InChI=1S/C14H18N2O3/c1-11-4-8-16(9-5-11)13(17)10-19-14(18)12-2-6-15-7-3-12/h2-3,6-7,11H,4-5,8-10H2,1H3. The molecule has 1 fully saturated rings. The first-order valence-corrected chi connectivity index (χ1v) is 6.51. The van der Waals surface area contributed by atoms with Crippen LogP contribution in [0.2, 0.25) is 0 Å². The molecule has 0 N–H and O–H groups in total. The molecule has 5 heteroatoms. The molecule has 0 radical (unpaired) electrons. The van der Waals surface area contributed by atoms with Crippen LogP contribution in [0, 0.1) is 5.92 Å². The molecule has 0 aliphatic carbocycles. The van der Waals surface area contributed by atoms with Crippen molar-refractivity contribution in [2.24, 2.45) is 5.92 Å². The van der Waals surface area contributed by atoms with E-state index in [1.54, 1.807) is 17.0 Å². The number of likely N-dealkylation sites (tertiary alicyclic amines) is 1. The van der Waals surface area contributed by atoms with Crippen LogP contribution in [-0.2, 0) is 9.53 Å². The van der Waals surface area contributed by atoms with Crippen molar-refractivity contribution in [1.82, 2.24) is 9.88 Å². The fourth-order valence-electron chi connectivity index (χ4n) is 2.05. The first-order valence-electron chi connectivity index (χ1n) is 6.51. The van der Waals surface area contributed by atoms with Crippen LogP contribution < -0.4 is 0 Å². The molecule has 2 heterocycles. The Bertz CT molecular complexity index is 439. The Morgan fingerprint density at radius 1 is 1.32 bits per heavy atom. The molecule has 2 rings (SSSR count). The Kier molecular flexibility index (Phi) is 4.49. The maximum atomic E-state index is 11.9. The van der Waals surface area contributed by atoms with Crippen molar-refractivity contribution in [2.75, 3.05) is 19.7 Å². The van der Waals surface area contributed by atoms with E-state index in [1.807, 2.05) is 0 Å². The van der Waals surface area contributed by atoms with Gasteiger partial charge in [0.2, 0.25) is 0 Å². The van der Waals surface area contributed by atoms with Crippen LogP contribution >= 0.6 is 0 Å². The lowest BCUT2D eigenvalue weighted by Gasteiger charge is -2.30. The molecule has 1 aliphatic rings. The average molecular weight is 262 g/mol. The fourth-order valence-corrected chi connectivity index (χ4v) is 2.05. The molecule has 1 aliphatic heterocycles. The van der Waals surface area contributed by atoms with Crippen molar-refractivity contribution in [2.45, 2.75) is 19.8 Å². The Balaban J connectivity index is 1.79. The minimum absolute atomic E-state index is 0.116. The highest BCUT2D eigenvalue weighted by Gasteiger charge is 2.21. The van der Waals surface area contributed by atoms with Gasteiger partial charge in [0.25, 0.3) is 5.91 Å². The van der Waals surface area contributed by atoms with Crippen molar-refractivity contribution in [3.63, 3.8) is 0 Å². The van der Waals surface area contributed by atoms with Gasteiger partial charge in [-0.1, -0.05) is 6.92 Å². The van der Waals surface area contributed by atoms with Crippen molar-refractivity contribution in [3.05, 3.63) is 30.1 Å². The molecule has 1 saturated heterocycles. The predicted octanol–water partition coefficient (Wildman–Crippen LogP) is 1.50. The Morgan fingerprint density at radius 3 is 2.58 bits per heavy atom. The maximum Gasteiger partial charge on any atom is 0.338 e. The van der Waals surface area contributed by atoms with E-state index in [4.69, 9.17) is 4.74 Å². The highest BCUT2D eigenvalue weighted by Crippen LogP contribution is 2.16. The number of piperidine rings is 1. The monoisotopic (exact) mass is 262 g/mol. The van der Waals surface area contributed by atoms with Crippen LogP contribution in [0.4, 0.5) is 0 Å². The van der Waals surface area contributed by atoms with Crippen LogP contribution in [0.1, 0.15) is 30.1 Å². The normalized spacial score (nSPS) is 16.2. The third-order valence-electron chi connectivity index (χ3n) is 3.38. The van der Waals surface area contributed by atoms with Gasteiger partial charge >= 0.3 is 5.97 Å². The number of carbonyl (C=O) groups excluding carboxylic acids is 2. The molecule has 1 aromatic rings. The molecule has 0 atom stereocenters. The summed E-state index contributed by atoms with van der Waals surface area (Å²) in [6.07, 6.45) is 5.07. The Labute approximate surface area is 112 Å². The number of rotatable bonds is 3. The minimum atomic E-state index is -0.485. The summed E-state index contributed by atoms with van der Waals surface area (Å²) in [4.78, 5) is 29.1. The lowest BCUT2D eigenvalue weighted by Crippen LogP contribution is -2.40. The minimum Gasteiger partial charge on any atom is -0.452 e. The SMILES string of the molecule is CC1CCN(C(=O)COC(=O)c2ccncc2)CC1. The number of esters is 1. The summed E-state index contributed by atoms with van der Waals surface area (Å²) < 4.78 is 5.01. The largest absolute Gasteiger partial charge is 0.452 e. The summed E-state index contributed by atoms with van der Waals surface area (Å²) in [5.41, 5.74) is 0.412. The Morgan fingerprint density at radius 2 is 1.95 bits per heavy atom. The average Bonchev–Trinajstić information content (AvgIpc) is 2.46. The molecule has 0 spiro atoms. The van der Waals surface area contributed by atoms with E-state index in [1.165, 1.54) is 12.4 Å². The van der Waals surface area contributed by atoms with Gasteiger partial charge in [0.05, 0.1) is 5.56 Å². The summed E-state index contributed by atoms with van der Waals surface area (Å²) in [6, 6.07) is 3.13. The number of nitrogens with zero attached hydrogens (tertiary/aromatic N) is 2. The highest BCUT2D eigenvalue weighted by molar-refractivity contribution is 5.91. The summed E-state index contributed by atoms with van der Waals surface area (Å²) in [5.74, 6) is 0.0684. The second-order valence-corrected chi connectivity index (χ2v) is 4.88. The third kappa shape index (κ3) is 3.77. The quantitative estimate of drug-likeness (QED) is 0.774. The van der Waals surface area contributed by atoms with E-state index in [-0.39, 0.29) is 12.5 Å². The number of carbonyl (C=O) groups is 2. The lowest BCUT2D eigenvalue weighted by molar-refractivity contribution is -0.135. The van der Waals surface area contributed by atoms with Crippen molar-refractivity contribution < 1.29 is 14.3 Å². The second kappa shape index (κ2) is 6.31. The molecule has 0 saturated carbocycles. The maximum absolute atomic E-state index is 11.9. The number of hydrogen-bond acceptors (Lipinski definition) is 4. The van der Waals surface area contributed by atoms with Gasteiger partial charge in [-0.15, -0.1) is 0 Å². The number of aromatic nitrogens is 1. The van der Waals surface area contributed by atoms with E-state index < -0.39 is 5.97 Å². The van der Waals surface area contributed by atoms with Crippen molar-refractivity contribution >= 4 is 11.9 Å². The topological polar surface area (TPSA) is 59.5 Å². The van der Waals surface area contributed by atoms with Crippen LogP contribution in [0.25, 0.3) is 0 Å². The molecular weight excluding hydrogens is 244 g/mol. The zero-order valence-electron chi connectivity index (χ0n) is 11.0. The first kappa shape index (κ1) is 13.5. The van der Waals surface area contributed by atoms with Crippen LogP contribution in [0.15, 0.2) is 24.5 Å². The molecule has 5 nitrogen and oxygen atoms in total. The fraction of sp³-hybridized carbons (Fsp3) is 0.500. The van der Waals surface area contributed by atoms with Gasteiger partial charge in [-0.25, -0.2) is 4.79 Å². The predicted molar refractivity (Wildman–Crippen MR) is 69.5 cm³/mol. The molecule has 0 unspecified atom stereocenters. The third-order valence-corrected chi connectivity index (χ3v) is 3.38. The first-order chi connectivity index (χ1) is 9.16. The number of pyridine rings is 1.